The average Bonchev–Trinajstić information content (AvgIpc) is 2.73. The molecule has 1 heterocycles. The zero-order valence-electron chi connectivity index (χ0n) is 12.1. The molecule has 8 nitrogen and oxygen atoms in total. The SMILES string of the molecule is CCCC(NS(=O)(=O)c1ccc2c(c1)oc(=O)n2C)C(=O)O. The van der Waals surface area contributed by atoms with Crippen LogP contribution in [0.15, 0.2) is 32.3 Å². The van der Waals surface area contributed by atoms with Crippen LogP contribution in [0.3, 0.4) is 0 Å². The number of aliphatic carboxylic acids is 1. The number of sulfonamides is 1. The number of fused-ring (bicyclic) bond motifs is 1. The molecule has 2 N–H and O–H groups in total. The number of benzene rings is 1. The van der Waals surface area contributed by atoms with Crippen LogP contribution in [-0.4, -0.2) is 30.1 Å². The van der Waals surface area contributed by atoms with Gasteiger partial charge in [0.1, 0.15) is 6.04 Å². The average molecular weight is 328 g/mol. The third kappa shape index (κ3) is 3.04. The van der Waals surface area contributed by atoms with Crippen LogP contribution in [0, 0.1) is 0 Å². The summed E-state index contributed by atoms with van der Waals surface area (Å²) >= 11 is 0. The lowest BCUT2D eigenvalue weighted by molar-refractivity contribution is -0.139. The highest BCUT2D eigenvalue weighted by Crippen LogP contribution is 2.18. The Morgan fingerprint density at radius 3 is 2.73 bits per heavy atom. The molecule has 1 aromatic carbocycles. The van der Waals surface area contributed by atoms with Crippen LogP contribution >= 0.6 is 0 Å². The minimum absolute atomic E-state index is 0.123. The maximum absolute atomic E-state index is 12.3. The van der Waals surface area contributed by atoms with Gasteiger partial charge in [-0.05, 0) is 18.6 Å². The van der Waals surface area contributed by atoms with Crippen LogP contribution in [0.1, 0.15) is 19.8 Å². The van der Waals surface area contributed by atoms with Crippen molar-refractivity contribution in [1.82, 2.24) is 9.29 Å². The second-order valence-electron chi connectivity index (χ2n) is 4.86. The first kappa shape index (κ1) is 16.2. The van der Waals surface area contributed by atoms with E-state index in [1.54, 1.807) is 6.92 Å². The molecule has 1 aromatic heterocycles. The molecule has 0 bridgehead atoms. The van der Waals surface area contributed by atoms with Crippen molar-refractivity contribution in [2.75, 3.05) is 0 Å². The molecule has 0 aliphatic rings. The molecule has 120 valence electrons. The fourth-order valence-electron chi connectivity index (χ4n) is 2.06. The fraction of sp³-hybridized carbons (Fsp3) is 0.385. The van der Waals surface area contributed by atoms with E-state index in [0.29, 0.717) is 11.9 Å². The lowest BCUT2D eigenvalue weighted by Gasteiger charge is -2.13. The number of nitrogens with one attached hydrogen (secondary N) is 1. The van der Waals surface area contributed by atoms with Gasteiger partial charge in [-0.1, -0.05) is 13.3 Å². The van der Waals surface area contributed by atoms with Crippen molar-refractivity contribution in [3.8, 4) is 0 Å². The Morgan fingerprint density at radius 1 is 1.45 bits per heavy atom. The highest BCUT2D eigenvalue weighted by atomic mass is 32.2. The standard InChI is InChI=1S/C13H16N2O6S/c1-3-4-9(12(16)17)14-22(19,20)8-5-6-10-11(7-8)21-13(18)15(10)2/h5-7,9,14H,3-4H2,1-2H3,(H,16,17). The molecule has 0 saturated carbocycles. The second kappa shape index (κ2) is 5.93. The molecule has 0 aliphatic heterocycles. The number of rotatable bonds is 6. The van der Waals surface area contributed by atoms with E-state index in [0.717, 1.165) is 0 Å². The summed E-state index contributed by atoms with van der Waals surface area (Å²) in [4.78, 5) is 22.3. The summed E-state index contributed by atoms with van der Waals surface area (Å²) in [6, 6.07) is 2.73. The van der Waals surface area contributed by atoms with Gasteiger partial charge in [0.2, 0.25) is 10.0 Å². The number of carbonyl (C=O) groups is 1. The van der Waals surface area contributed by atoms with Crippen molar-refractivity contribution < 1.29 is 22.7 Å². The highest BCUT2D eigenvalue weighted by molar-refractivity contribution is 7.89. The molecule has 0 saturated heterocycles. The van der Waals surface area contributed by atoms with Crippen molar-refractivity contribution in [3.63, 3.8) is 0 Å². The van der Waals surface area contributed by atoms with Crippen molar-refractivity contribution in [2.24, 2.45) is 7.05 Å². The van der Waals surface area contributed by atoms with Crippen molar-refractivity contribution in [3.05, 3.63) is 28.7 Å². The van der Waals surface area contributed by atoms with Crippen LogP contribution in [0.4, 0.5) is 0 Å². The van der Waals surface area contributed by atoms with Crippen molar-refractivity contribution >= 4 is 27.1 Å². The number of nitrogens with zero attached hydrogens (tertiary/aromatic N) is 1. The minimum atomic E-state index is -4.02. The van der Waals surface area contributed by atoms with Gasteiger partial charge < -0.3 is 9.52 Å². The zero-order valence-corrected chi connectivity index (χ0v) is 12.9. The Morgan fingerprint density at radius 2 is 2.14 bits per heavy atom. The summed E-state index contributed by atoms with van der Waals surface area (Å²) in [5, 5.41) is 9.04. The molecule has 2 rings (SSSR count). The molecule has 1 atom stereocenters. The number of aryl methyl sites for hydroxylation is 1. The molecule has 0 aliphatic carbocycles. The monoisotopic (exact) mass is 328 g/mol. The van der Waals surface area contributed by atoms with Crippen molar-refractivity contribution in [2.45, 2.75) is 30.7 Å². The minimum Gasteiger partial charge on any atom is -0.480 e. The number of carboxylic acid groups (broad SMARTS) is 1. The topological polar surface area (TPSA) is 119 Å². The Bertz CT molecular complexity index is 864. The summed E-state index contributed by atoms with van der Waals surface area (Å²) < 4.78 is 32.8. The number of aromatic nitrogens is 1. The summed E-state index contributed by atoms with van der Waals surface area (Å²) in [7, 11) is -2.52. The third-order valence-electron chi connectivity index (χ3n) is 3.25. The van der Waals surface area contributed by atoms with Crippen LogP contribution in [0.25, 0.3) is 11.1 Å². The van der Waals surface area contributed by atoms with Crippen molar-refractivity contribution in [1.29, 1.82) is 0 Å². The first-order valence-corrected chi connectivity index (χ1v) is 8.09. The van der Waals surface area contributed by atoms with Gasteiger partial charge in [-0.25, -0.2) is 13.2 Å². The Hall–Kier alpha value is -2.13. The first-order chi connectivity index (χ1) is 10.3. The molecule has 22 heavy (non-hydrogen) atoms. The molecule has 0 amide bonds. The first-order valence-electron chi connectivity index (χ1n) is 6.61. The van der Waals surface area contributed by atoms with E-state index >= 15 is 0 Å². The lowest BCUT2D eigenvalue weighted by Crippen LogP contribution is -2.40. The quantitative estimate of drug-likeness (QED) is 0.804. The number of oxazole rings is 1. The van der Waals surface area contributed by atoms with Gasteiger partial charge >= 0.3 is 11.7 Å². The summed E-state index contributed by atoms with van der Waals surface area (Å²) in [6.45, 7) is 1.76. The van der Waals surface area contributed by atoms with E-state index in [-0.39, 0.29) is 16.9 Å². The van der Waals surface area contributed by atoms with E-state index in [4.69, 9.17) is 9.52 Å². The van der Waals surface area contributed by atoms with Gasteiger partial charge in [0.05, 0.1) is 10.4 Å². The van der Waals surface area contributed by atoms with Gasteiger partial charge in [-0.15, -0.1) is 0 Å². The normalized spacial score (nSPS) is 13.4. The molecule has 2 aromatic rings. The van der Waals surface area contributed by atoms with E-state index in [1.807, 2.05) is 0 Å². The second-order valence-corrected chi connectivity index (χ2v) is 6.57. The molecule has 1 unspecified atom stereocenters. The van der Waals surface area contributed by atoms with E-state index in [2.05, 4.69) is 4.72 Å². The fourth-order valence-corrected chi connectivity index (χ4v) is 3.30. The summed E-state index contributed by atoms with van der Waals surface area (Å²) in [6.07, 6.45) is 0.698. The van der Waals surface area contributed by atoms with Gasteiger partial charge in [0.25, 0.3) is 0 Å². The van der Waals surface area contributed by atoms with Gasteiger partial charge in [-0.2, -0.15) is 4.72 Å². The van der Waals surface area contributed by atoms with Crippen LogP contribution in [0.5, 0.6) is 0 Å². The summed E-state index contributed by atoms with van der Waals surface area (Å²) in [5.41, 5.74) is 0.574. The number of carboxylic acids is 1. The molecule has 9 heteroatoms. The van der Waals surface area contributed by atoms with Gasteiger partial charge in [0, 0.05) is 13.1 Å². The molecule has 0 fully saturated rings. The molecular weight excluding hydrogens is 312 g/mol. The largest absolute Gasteiger partial charge is 0.480 e. The Kier molecular flexibility index (Phi) is 4.38. The zero-order chi connectivity index (χ0) is 16.5. The summed E-state index contributed by atoms with van der Waals surface area (Å²) in [5.74, 6) is -1.84. The van der Waals surface area contributed by atoms with Gasteiger partial charge in [-0.3, -0.25) is 9.36 Å². The van der Waals surface area contributed by atoms with E-state index < -0.39 is 27.8 Å². The molecule has 0 spiro atoms. The van der Waals surface area contributed by atoms with E-state index in [9.17, 15) is 18.0 Å². The third-order valence-corrected chi connectivity index (χ3v) is 4.72. The van der Waals surface area contributed by atoms with E-state index in [1.165, 1.54) is 29.8 Å². The number of hydrogen-bond acceptors (Lipinski definition) is 5. The van der Waals surface area contributed by atoms with Crippen LogP contribution in [0.2, 0.25) is 0 Å². The maximum Gasteiger partial charge on any atom is 0.419 e. The molecule has 0 radical (unpaired) electrons. The van der Waals surface area contributed by atoms with Gasteiger partial charge in [0.15, 0.2) is 5.58 Å². The lowest BCUT2D eigenvalue weighted by atomic mass is 10.2. The Labute approximate surface area is 126 Å². The maximum atomic E-state index is 12.3. The predicted molar refractivity (Wildman–Crippen MR) is 78.1 cm³/mol. The predicted octanol–water partition coefficient (Wildman–Crippen LogP) is 0.663. The molecular formula is C13H16N2O6S. The Balaban J connectivity index is 2.40. The number of hydrogen-bond donors (Lipinski definition) is 2. The van der Waals surface area contributed by atoms with Crippen LogP contribution < -0.4 is 10.5 Å². The van der Waals surface area contributed by atoms with Crippen LogP contribution in [-0.2, 0) is 21.9 Å². The smallest absolute Gasteiger partial charge is 0.419 e. The highest BCUT2D eigenvalue weighted by Gasteiger charge is 2.25.